The molecule has 0 aromatic carbocycles. The van der Waals surface area contributed by atoms with Gasteiger partial charge in [-0.15, -0.1) is 0 Å². The highest BCUT2D eigenvalue weighted by atomic mass is 16.5. The zero-order valence-corrected chi connectivity index (χ0v) is 19.6. The molecule has 36 heavy (non-hydrogen) atoms. The number of nitrogens with one attached hydrogen (secondary N) is 3. The molecule has 2 aromatic heterocycles. The predicted molar refractivity (Wildman–Crippen MR) is 125 cm³/mol. The van der Waals surface area contributed by atoms with Crippen molar-refractivity contribution < 1.29 is 33.8 Å². The van der Waals surface area contributed by atoms with Gasteiger partial charge >= 0.3 is 11.9 Å². The number of allylic oxidation sites excluding steroid dienone is 1. The Morgan fingerprint density at radius 1 is 1.25 bits per heavy atom. The molecular formula is C22H26N6O8. The fourth-order valence-corrected chi connectivity index (χ4v) is 2.95. The van der Waals surface area contributed by atoms with Crippen LogP contribution in [0.15, 0.2) is 47.8 Å². The number of carboxylic acids is 1. The fourth-order valence-electron chi connectivity index (χ4n) is 2.95. The van der Waals surface area contributed by atoms with Crippen molar-refractivity contribution in [2.75, 3.05) is 19.0 Å². The summed E-state index contributed by atoms with van der Waals surface area (Å²) in [5, 5.41) is 15.8. The maximum absolute atomic E-state index is 13.0. The van der Waals surface area contributed by atoms with E-state index in [2.05, 4.69) is 25.7 Å². The summed E-state index contributed by atoms with van der Waals surface area (Å²) >= 11 is 0. The molecular weight excluding hydrogens is 476 g/mol. The second-order valence-corrected chi connectivity index (χ2v) is 7.43. The fraction of sp³-hybridized carbons (Fsp3) is 0.318. The van der Waals surface area contributed by atoms with Gasteiger partial charge < -0.3 is 34.9 Å². The van der Waals surface area contributed by atoms with E-state index < -0.39 is 54.4 Å². The third kappa shape index (κ3) is 8.23. The van der Waals surface area contributed by atoms with Crippen LogP contribution in [0.25, 0.3) is 0 Å². The first kappa shape index (κ1) is 27.5. The molecule has 0 unspecified atom stereocenters. The number of hydrogen-bond acceptors (Lipinski definition) is 8. The van der Waals surface area contributed by atoms with Gasteiger partial charge in [-0.05, 0) is 25.0 Å². The zero-order chi connectivity index (χ0) is 26.7. The molecule has 2 aromatic rings. The number of carbonyl (C=O) groups is 5. The zero-order valence-electron chi connectivity index (χ0n) is 19.6. The minimum Gasteiger partial charge on any atom is -0.480 e. The topological polar surface area (TPSA) is 191 Å². The van der Waals surface area contributed by atoms with Gasteiger partial charge in [-0.1, -0.05) is 6.08 Å². The Balaban J connectivity index is 2.16. The largest absolute Gasteiger partial charge is 0.480 e. The summed E-state index contributed by atoms with van der Waals surface area (Å²) in [7, 11) is 2.83. The van der Waals surface area contributed by atoms with Crippen LogP contribution in [-0.2, 0) is 37.5 Å². The summed E-state index contributed by atoms with van der Waals surface area (Å²) in [6.45, 7) is -1.07. The molecule has 0 radical (unpaired) electrons. The SMILES string of the molecule is COC(=O)/C=C/CC[C@H](NC(=O)c1cncn1C)C(=O)Nc1cccn(CC(=O)NCC(=O)O)c1=O. The number of esters is 1. The third-order valence-corrected chi connectivity index (χ3v) is 4.78. The number of nitrogens with zero attached hydrogens (tertiary/aromatic N) is 3. The molecule has 0 fully saturated rings. The van der Waals surface area contributed by atoms with Crippen molar-refractivity contribution in [3.63, 3.8) is 0 Å². The molecule has 0 aliphatic carbocycles. The number of aromatic nitrogens is 3. The second kappa shape index (κ2) is 13.2. The summed E-state index contributed by atoms with van der Waals surface area (Å²) in [5.41, 5.74) is -0.663. The van der Waals surface area contributed by atoms with Crippen LogP contribution in [0.1, 0.15) is 23.3 Å². The van der Waals surface area contributed by atoms with E-state index in [0.29, 0.717) is 0 Å². The van der Waals surface area contributed by atoms with Crippen molar-refractivity contribution in [2.45, 2.75) is 25.4 Å². The van der Waals surface area contributed by atoms with Crippen LogP contribution in [0.4, 0.5) is 5.69 Å². The van der Waals surface area contributed by atoms with E-state index in [-0.39, 0.29) is 24.2 Å². The van der Waals surface area contributed by atoms with Crippen molar-refractivity contribution in [3.8, 4) is 0 Å². The van der Waals surface area contributed by atoms with Gasteiger partial charge in [0.2, 0.25) is 11.8 Å². The van der Waals surface area contributed by atoms with E-state index in [1.165, 1.54) is 54.7 Å². The highest BCUT2D eigenvalue weighted by Crippen LogP contribution is 2.07. The number of methoxy groups -OCH3 is 1. The number of carboxylic acid groups (broad SMARTS) is 1. The minimum absolute atomic E-state index is 0.0849. The van der Waals surface area contributed by atoms with Gasteiger partial charge in [0.25, 0.3) is 11.5 Å². The Kier molecular flexibility index (Phi) is 10.1. The number of pyridine rings is 1. The van der Waals surface area contributed by atoms with E-state index in [9.17, 15) is 28.8 Å². The summed E-state index contributed by atoms with van der Waals surface area (Å²) in [6, 6.07) is 1.65. The van der Waals surface area contributed by atoms with Crippen LogP contribution < -0.4 is 21.5 Å². The van der Waals surface area contributed by atoms with Crippen LogP contribution in [0.3, 0.4) is 0 Å². The van der Waals surface area contributed by atoms with E-state index in [1.54, 1.807) is 7.05 Å². The van der Waals surface area contributed by atoms with E-state index in [1.807, 2.05) is 0 Å². The smallest absolute Gasteiger partial charge is 0.330 e. The van der Waals surface area contributed by atoms with Crippen molar-refractivity contribution in [1.82, 2.24) is 24.8 Å². The van der Waals surface area contributed by atoms with E-state index >= 15 is 0 Å². The number of aliphatic carboxylic acids is 1. The molecule has 14 nitrogen and oxygen atoms in total. The van der Waals surface area contributed by atoms with Gasteiger partial charge in [-0.2, -0.15) is 0 Å². The molecule has 14 heteroatoms. The number of hydrogen-bond donors (Lipinski definition) is 4. The number of anilines is 1. The molecule has 4 N–H and O–H groups in total. The lowest BCUT2D eigenvalue weighted by Crippen LogP contribution is -2.45. The van der Waals surface area contributed by atoms with E-state index in [4.69, 9.17) is 5.11 Å². The van der Waals surface area contributed by atoms with Crippen molar-refractivity contribution in [3.05, 3.63) is 59.1 Å². The minimum atomic E-state index is -1.24. The number of imidazole rings is 1. The summed E-state index contributed by atoms with van der Waals surface area (Å²) in [4.78, 5) is 75.9. The highest BCUT2D eigenvalue weighted by molar-refractivity contribution is 6.00. The molecule has 0 spiro atoms. The lowest BCUT2D eigenvalue weighted by atomic mass is 10.1. The monoisotopic (exact) mass is 502 g/mol. The van der Waals surface area contributed by atoms with Crippen LogP contribution in [0.5, 0.6) is 0 Å². The maximum Gasteiger partial charge on any atom is 0.330 e. The average Bonchev–Trinajstić information content (AvgIpc) is 3.27. The first-order chi connectivity index (χ1) is 17.1. The number of aryl methyl sites for hydroxylation is 1. The molecule has 0 aliphatic heterocycles. The average molecular weight is 502 g/mol. The summed E-state index contributed by atoms with van der Waals surface area (Å²) < 4.78 is 6.97. The Hall–Kier alpha value is -4.75. The molecule has 192 valence electrons. The van der Waals surface area contributed by atoms with E-state index in [0.717, 1.165) is 4.57 Å². The molecule has 0 bridgehead atoms. The number of amides is 3. The van der Waals surface area contributed by atoms with Crippen LogP contribution in [0, 0.1) is 0 Å². The molecule has 2 rings (SSSR count). The lowest BCUT2D eigenvalue weighted by Gasteiger charge is -2.18. The van der Waals surface area contributed by atoms with Crippen LogP contribution >= 0.6 is 0 Å². The van der Waals surface area contributed by atoms with Crippen molar-refractivity contribution >= 4 is 35.3 Å². The van der Waals surface area contributed by atoms with Crippen molar-refractivity contribution in [2.24, 2.45) is 7.05 Å². The van der Waals surface area contributed by atoms with Gasteiger partial charge in [0.15, 0.2) is 0 Å². The van der Waals surface area contributed by atoms with Gasteiger partial charge in [-0.25, -0.2) is 9.78 Å². The van der Waals surface area contributed by atoms with Gasteiger partial charge in [0, 0.05) is 19.3 Å². The number of carbonyl (C=O) groups excluding carboxylic acids is 4. The maximum atomic E-state index is 13.0. The van der Waals surface area contributed by atoms with Gasteiger partial charge in [0.1, 0.15) is 30.5 Å². The number of ether oxygens (including phenoxy) is 1. The lowest BCUT2D eigenvalue weighted by molar-refractivity contribution is -0.138. The third-order valence-electron chi connectivity index (χ3n) is 4.78. The molecule has 0 aliphatic rings. The van der Waals surface area contributed by atoms with Crippen LogP contribution in [-0.4, -0.2) is 68.6 Å². The first-order valence-electron chi connectivity index (χ1n) is 10.6. The normalized spacial score (nSPS) is 11.5. The Bertz CT molecular complexity index is 1220. The second-order valence-electron chi connectivity index (χ2n) is 7.43. The standard InChI is InChI=1S/C22H26N6O8/c1-27-13-23-10-16(27)21(34)25-14(6-3-4-8-19(32)36-2)20(33)26-15-7-5-9-28(22(15)35)12-17(29)24-11-18(30)31/h4-5,7-10,13-14H,3,6,11-12H2,1-2H3,(H,24,29)(H,25,34)(H,26,33)(H,30,31)/b8-4+/t14-/m0/s1. The molecule has 0 saturated heterocycles. The summed E-state index contributed by atoms with van der Waals surface area (Å²) in [6.07, 6.45) is 7.02. The highest BCUT2D eigenvalue weighted by Gasteiger charge is 2.23. The van der Waals surface area contributed by atoms with Crippen molar-refractivity contribution in [1.29, 1.82) is 0 Å². The Morgan fingerprint density at radius 2 is 2.00 bits per heavy atom. The predicted octanol–water partition coefficient (Wildman–Crippen LogP) is -0.971. The molecule has 1 atom stereocenters. The number of rotatable bonds is 12. The summed E-state index contributed by atoms with van der Waals surface area (Å²) in [5.74, 6) is -3.80. The molecule has 3 amide bonds. The quantitative estimate of drug-likeness (QED) is 0.209. The van der Waals surface area contributed by atoms with Gasteiger partial charge in [0.05, 0.1) is 19.6 Å². The Morgan fingerprint density at radius 3 is 2.64 bits per heavy atom. The molecule has 0 saturated carbocycles. The van der Waals surface area contributed by atoms with Crippen LogP contribution in [0.2, 0.25) is 0 Å². The van der Waals surface area contributed by atoms with Gasteiger partial charge in [-0.3, -0.25) is 24.0 Å². The Labute approximate surface area is 205 Å². The molecule has 2 heterocycles. The first-order valence-corrected chi connectivity index (χ1v) is 10.6.